The van der Waals surface area contributed by atoms with Crippen molar-refractivity contribution in [2.24, 2.45) is 5.41 Å². The Morgan fingerprint density at radius 3 is 0.793 bits per heavy atom. The molecule has 15 N–H and O–H groups in total. The summed E-state index contributed by atoms with van der Waals surface area (Å²) in [4.78, 5) is 71.9. The van der Waals surface area contributed by atoms with E-state index in [4.69, 9.17) is 71.1 Å². The Kier molecular flexibility index (Phi) is 53.6. The zero-order chi connectivity index (χ0) is 69.0. The van der Waals surface area contributed by atoms with Crippen molar-refractivity contribution < 1.29 is 146 Å². The van der Waals surface area contributed by atoms with Gasteiger partial charge < -0.3 is 149 Å². The number of hydrogen-bond acceptors (Lipinski definition) is 30. The average molecular weight is 1350 g/mol. The molecule has 92 heavy (non-hydrogen) atoms. The second-order valence-electron chi connectivity index (χ2n) is 20.9. The summed E-state index contributed by atoms with van der Waals surface area (Å²) in [7, 11) is 0. The number of ether oxygens (including phenoxy) is 15. The molecule has 0 aromatic carbocycles. The quantitative estimate of drug-likeness (QED) is 0.0199. The van der Waals surface area contributed by atoms with Crippen LogP contribution in [0.5, 0.6) is 0 Å². The van der Waals surface area contributed by atoms with Gasteiger partial charge in [0.2, 0.25) is 54.3 Å². The largest absolute Gasteiger partial charge is 0.394 e. The van der Waals surface area contributed by atoms with Crippen molar-refractivity contribution >= 4 is 35.4 Å². The number of rotatable bonds is 63. The van der Waals surface area contributed by atoms with Crippen molar-refractivity contribution in [3.8, 4) is 0 Å². The summed E-state index contributed by atoms with van der Waals surface area (Å²) in [6, 6.07) is 0. The van der Waals surface area contributed by atoms with Gasteiger partial charge in [-0.2, -0.15) is 0 Å². The SMILES string of the molecule is CC(=O)NC(O)C(OCCOCCOCCNC(=O)CCOCC(C)(COCCC(=O)NCCOCCOCCOC(OC(CO)C(C)O)C(O)NC(C)=O)COCCC(=O)NCCOCCOCCOC(OC(CO)C(C)O)C(O)NC(C)=O)OC(CO)C(C)O. The Morgan fingerprint density at radius 1 is 0.348 bits per heavy atom. The van der Waals surface area contributed by atoms with E-state index in [2.05, 4.69) is 31.9 Å². The highest BCUT2D eigenvalue weighted by atomic mass is 16.7. The highest BCUT2D eigenvalue weighted by molar-refractivity contribution is 5.77. The summed E-state index contributed by atoms with van der Waals surface area (Å²) in [6.07, 6.45) is -15.4. The first-order valence-corrected chi connectivity index (χ1v) is 30.4. The van der Waals surface area contributed by atoms with Gasteiger partial charge in [-0.25, -0.2) is 0 Å². The van der Waals surface area contributed by atoms with Crippen LogP contribution in [0.1, 0.15) is 67.7 Å². The van der Waals surface area contributed by atoms with E-state index in [1.165, 1.54) is 41.5 Å². The van der Waals surface area contributed by atoms with Crippen LogP contribution in [-0.4, -0.2) is 334 Å². The highest BCUT2D eigenvalue weighted by Gasteiger charge is 2.31. The Bertz CT molecular complexity index is 1690. The minimum Gasteiger partial charge on any atom is -0.394 e. The smallest absolute Gasteiger partial charge is 0.222 e. The van der Waals surface area contributed by atoms with Crippen LogP contribution in [0.25, 0.3) is 0 Å². The second kappa shape index (κ2) is 56.1. The molecule has 0 fully saturated rings. The fourth-order valence-electron chi connectivity index (χ4n) is 7.15. The summed E-state index contributed by atoms with van der Waals surface area (Å²) in [5.74, 6) is -2.57. The number of hydrogen-bond donors (Lipinski definition) is 15. The zero-order valence-electron chi connectivity index (χ0n) is 54.2. The van der Waals surface area contributed by atoms with E-state index in [-0.39, 0.29) is 195 Å². The predicted octanol–water partition coefficient (Wildman–Crippen LogP) is -6.67. The molecule has 0 saturated carbocycles. The number of amides is 6. The minimum atomic E-state index is -1.58. The molecule has 0 bridgehead atoms. The minimum absolute atomic E-state index is 0.0169. The molecule has 0 aliphatic heterocycles. The van der Waals surface area contributed by atoms with Crippen molar-refractivity contribution in [1.82, 2.24) is 31.9 Å². The topological polar surface area (TPSA) is 495 Å². The molecule has 12 unspecified atom stereocenters. The van der Waals surface area contributed by atoms with Crippen LogP contribution in [-0.2, 0) is 99.8 Å². The molecule has 0 saturated heterocycles. The number of aliphatic hydroxyl groups excluding tert-OH is 9. The third kappa shape index (κ3) is 48.5. The van der Waals surface area contributed by atoms with Crippen LogP contribution in [0, 0.1) is 5.41 Å². The Hall–Kier alpha value is -4.14. The van der Waals surface area contributed by atoms with Crippen LogP contribution in [0.4, 0.5) is 0 Å². The van der Waals surface area contributed by atoms with Crippen LogP contribution in [0.3, 0.4) is 0 Å². The van der Waals surface area contributed by atoms with E-state index in [1.54, 1.807) is 0 Å². The third-order valence-corrected chi connectivity index (χ3v) is 12.0. The lowest BCUT2D eigenvalue weighted by Gasteiger charge is -2.29. The van der Waals surface area contributed by atoms with E-state index in [0.717, 1.165) is 0 Å². The number of nitrogens with one attached hydrogen (secondary N) is 6. The molecule has 0 radical (unpaired) electrons. The van der Waals surface area contributed by atoms with Crippen molar-refractivity contribution in [2.75, 3.05) is 178 Å². The molecule has 0 aliphatic rings. The zero-order valence-corrected chi connectivity index (χ0v) is 54.2. The monoisotopic (exact) mass is 1340 g/mol. The van der Waals surface area contributed by atoms with E-state index >= 15 is 0 Å². The molecule has 0 spiro atoms. The van der Waals surface area contributed by atoms with Gasteiger partial charge >= 0.3 is 0 Å². The summed E-state index contributed by atoms with van der Waals surface area (Å²) < 4.78 is 83.1. The molecule has 6 amide bonds. The summed E-state index contributed by atoms with van der Waals surface area (Å²) in [6.45, 7) is 10.3. The molecule has 0 aromatic heterocycles. The van der Waals surface area contributed by atoms with Gasteiger partial charge in [-0.15, -0.1) is 0 Å². The molecule has 542 valence electrons. The molecule has 0 heterocycles. The van der Waals surface area contributed by atoms with E-state index in [9.17, 15) is 74.7 Å². The number of aliphatic hydroxyl groups is 9. The van der Waals surface area contributed by atoms with E-state index in [0.29, 0.717) is 0 Å². The van der Waals surface area contributed by atoms with Gasteiger partial charge in [0.05, 0.1) is 177 Å². The van der Waals surface area contributed by atoms with E-state index in [1.807, 2.05) is 6.92 Å². The summed E-state index contributed by atoms with van der Waals surface area (Å²) >= 11 is 0. The highest BCUT2D eigenvalue weighted by Crippen LogP contribution is 2.19. The molecule has 36 nitrogen and oxygen atoms in total. The summed E-state index contributed by atoms with van der Waals surface area (Å²) in [5, 5.41) is 103. The van der Waals surface area contributed by atoms with Crippen LogP contribution in [0.2, 0.25) is 0 Å². The Labute approximate surface area is 537 Å². The van der Waals surface area contributed by atoms with Crippen LogP contribution >= 0.6 is 0 Å². The van der Waals surface area contributed by atoms with Gasteiger partial charge in [0.25, 0.3) is 0 Å². The second-order valence-corrected chi connectivity index (χ2v) is 20.9. The lowest BCUT2D eigenvalue weighted by molar-refractivity contribution is -0.243. The number of carbonyl (C=O) groups excluding carboxylic acids is 6. The molecule has 0 aliphatic carbocycles. The molecular formula is C56H108N6O30. The standard InChI is InChI=1S/C56H108N6O30/c1-38(66)44(32-63)90-53(50(75)60-41(4)69)87-29-26-81-23-20-78-17-11-57-47(72)8-14-84-35-56(7,36-85-15-9-48(73)58-12-18-79-21-24-82-27-30-88-54(51(76)61-42(5)70)91-45(33-64)39(2)67)37-86-16-10-49(74)59-13-19-80-22-25-83-28-31-89-55(52(77)62-43(6)71)92-46(34-65)40(3)68/h38-40,44-46,50-55,63-68,75-77H,8-37H2,1-7H3,(H,57,72)(H,58,73)(H,59,74)(H,60,69)(H,61,70)(H,62,71). The van der Waals surface area contributed by atoms with Crippen molar-refractivity contribution in [2.45, 2.75) is 142 Å². The lowest BCUT2D eigenvalue weighted by Crippen LogP contribution is -2.48. The number of carbonyl (C=O) groups is 6. The molecule has 12 atom stereocenters. The first-order valence-electron chi connectivity index (χ1n) is 30.4. The fraction of sp³-hybridized carbons (Fsp3) is 0.893. The van der Waals surface area contributed by atoms with E-state index < -0.39 is 117 Å². The van der Waals surface area contributed by atoms with Crippen LogP contribution in [0.15, 0.2) is 0 Å². The maximum absolute atomic E-state index is 12.6. The van der Waals surface area contributed by atoms with Gasteiger partial charge in [-0.05, 0) is 20.8 Å². The van der Waals surface area contributed by atoms with Crippen molar-refractivity contribution in [1.29, 1.82) is 0 Å². The average Bonchev–Trinajstić information content (AvgIpc) is 1.70. The molecule has 36 heteroatoms. The fourth-order valence-corrected chi connectivity index (χ4v) is 7.15. The van der Waals surface area contributed by atoms with Crippen molar-refractivity contribution in [3.05, 3.63) is 0 Å². The van der Waals surface area contributed by atoms with Crippen LogP contribution < -0.4 is 31.9 Å². The molecular weight excluding hydrogens is 1240 g/mol. The van der Waals surface area contributed by atoms with Gasteiger partial charge in [-0.3, -0.25) is 28.8 Å². The Morgan fingerprint density at radius 2 is 0.576 bits per heavy atom. The lowest BCUT2D eigenvalue weighted by atomic mass is 9.94. The maximum atomic E-state index is 12.6. The van der Waals surface area contributed by atoms with Gasteiger partial charge in [0.15, 0.2) is 18.7 Å². The van der Waals surface area contributed by atoms with Gasteiger partial charge in [0, 0.05) is 65.1 Å². The van der Waals surface area contributed by atoms with Crippen molar-refractivity contribution in [3.63, 3.8) is 0 Å². The first-order chi connectivity index (χ1) is 43.9. The third-order valence-electron chi connectivity index (χ3n) is 12.0. The Balaban J connectivity index is 4.93. The normalized spacial score (nSPS) is 16.3. The van der Waals surface area contributed by atoms with Gasteiger partial charge in [-0.1, -0.05) is 6.92 Å². The maximum Gasteiger partial charge on any atom is 0.222 e. The molecule has 0 rings (SSSR count). The molecule has 0 aromatic rings. The van der Waals surface area contributed by atoms with Gasteiger partial charge in [0.1, 0.15) is 18.3 Å². The predicted molar refractivity (Wildman–Crippen MR) is 318 cm³/mol. The first kappa shape index (κ1) is 87.9. The summed E-state index contributed by atoms with van der Waals surface area (Å²) in [5.41, 5.74) is -0.781.